The molecule has 78 valence electrons. The fourth-order valence-corrected chi connectivity index (χ4v) is 0.949. The van der Waals surface area contributed by atoms with E-state index in [9.17, 15) is 4.79 Å². The van der Waals surface area contributed by atoms with Crippen LogP contribution < -0.4 is 10.6 Å². The van der Waals surface area contributed by atoms with Crippen LogP contribution in [0, 0.1) is 0 Å². The van der Waals surface area contributed by atoms with E-state index in [2.05, 4.69) is 20.9 Å². The van der Waals surface area contributed by atoms with Gasteiger partial charge in [0.2, 0.25) is 0 Å². The summed E-state index contributed by atoms with van der Waals surface area (Å²) in [6.45, 7) is 5.00. The van der Waals surface area contributed by atoms with Crippen LogP contribution in [-0.4, -0.2) is 33.6 Å². The third-order valence-corrected chi connectivity index (χ3v) is 1.52. The van der Waals surface area contributed by atoms with Gasteiger partial charge in [-0.2, -0.15) is 0 Å². The molecule has 0 aromatic carbocycles. The number of aromatic nitrogens is 3. The molecule has 0 unspecified atom stereocenters. The van der Waals surface area contributed by atoms with Crippen molar-refractivity contribution in [2.75, 3.05) is 6.54 Å². The lowest BCUT2D eigenvalue weighted by molar-refractivity contribution is 0.238. The molecule has 1 rings (SSSR count). The van der Waals surface area contributed by atoms with E-state index >= 15 is 0 Å². The maximum Gasteiger partial charge on any atom is 0.315 e. The van der Waals surface area contributed by atoms with Gasteiger partial charge in [-0.1, -0.05) is 5.21 Å². The zero-order valence-corrected chi connectivity index (χ0v) is 8.40. The van der Waals surface area contributed by atoms with Gasteiger partial charge in [0.1, 0.15) is 0 Å². The first-order valence-corrected chi connectivity index (χ1v) is 4.57. The second-order valence-electron chi connectivity index (χ2n) is 3.22. The summed E-state index contributed by atoms with van der Waals surface area (Å²) in [5, 5.41) is 12.9. The minimum absolute atomic E-state index is 0.153. The summed E-state index contributed by atoms with van der Waals surface area (Å²) < 4.78 is 1.66. The molecule has 6 nitrogen and oxygen atoms in total. The average molecular weight is 197 g/mol. The second kappa shape index (κ2) is 5.21. The first kappa shape index (κ1) is 10.5. The average Bonchev–Trinajstić information content (AvgIpc) is 2.55. The van der Waals surface area contributed by atoms with Gasteiger partial charge in [-0.25, -0.2) is 4.79 Å². The zero-order valence-electron chi connectivity index (χ0n) is 8.40. The fraction of sp³-hybridized carbons (Fsp3) is 0.625. The van der Waals surface area contributed by atoms with E-state index in [0.29, 0.717) is 13.1 Å². The Labute approximate surface area is 82.7 Å². The van der Waals surface area contributed by atoms with E-state index in [4.69, 9.17) is 0 Å². The van der Waals surface area contributed by atoms with Crippen molar-refractivity contribution >= 4 is 6.03 Å². The van der Waals surface area contributed by atoms with E-state index in [1.54, 1.807) is 17.1 Å². The SMILES string of the molecule is CC(C)NC(=O)NCCn1ccnn1. The molecule has 0 saturated carbocycles. The summed E-state index contributed by atoms with van der Waals surface area (Å²) in [5.74, 6) is 0. The number of hydrogen-bond acceptors (Lipinski definition) is 3. The molecule has 2 amide bonds. The van der Waals surface area contributed by atoms with E-state index in [0.717, 1.165) is 0 Å². The topological polar surface area (TPSA) is 71.8 Å². The van der Waals surface area contributed by atoms with Crippen LogP contribution in [0.5, 0.6) is 0 Å². The van der Waals surface area contributed by atoms with Crippen molar-refractivity contribution in [3.63, 3.8) is 0 Å². The Balaban J connectivity index is 2.12. The molecule has 1 aromatic rings. The van der Waals surface area contributed by atoms with Crippen LogP contribution in [0.4, 0.5) is 4.79 Å². The van der Waals surface area contributed by atoms with Gasteiger partial charge in [0, 0.05) is 18.8 Å². The van der Waals surface area contributed by atoms with Crippen molar-refractivity contribution in [3.05, 3.63) is 12.4 Å². The molecule has 0 radical (unpaired) electrons. The summed E-state index contributed by atoms with van der Waals surface area (Å²) in [6, 6.07) is 0.00138. The van der Waals surface area contributed by atoms with Gasteiger partial charge >= 0.3 is 6.03 Å². The second-order valence-corrected chi connectivity index (χ2v) is 3.22. The lowest BCUT2D eigenvalue weighted by atomic mass is 10.4. The van der Waals surface area contributed by atoms with Crippen molar-refractivity contribution in [2.45, 2.75) is 26.4 Å². The first-order chi connectivity index (χ1) is 6.68. The van der Waals surface area contributed by atoms with Crippen molar-refractivity contribution in [3.8, 4) is 0 Å². The number of hydrogen-bond donors (Lipinski definition) is 2. The quantitative estimate of drug-likeness (QED) is 0.713. The lowest BCUT2D eigenvalue weighted by Crippen LogP contribution is -2.40. The predicted octanol–water partition coefficient (Wildman–Crippen LogP) is -0.0143. The summed E-state index contributed by atoms with van der Waals surface area (Å²) in [5.41, 5.74) is 0. The highest BCUT2D eigenvalue weighted by atomic mass is 16.2. The molecule has 0 aliphatic heterocycles. The monoisotopic (exact) mass is 197 g/mol. The summed E-state index contributed by atoms with van der Waals surface area (Å²) >= 11 is 0. The lowest BCUT2D eigenvalue weighted by Gasteiger charge is -2.09. The van der Waals surface area contributed by atoms with Crippen molar-refractivity contribution in [1.29, 1.82) is 0 Å². The van der Waals surface area contributed by atoms with E-state index < -0.39 is 0 Å². The summed E-state index contributed by atoms with van der Waals surface area (Å²) in [4.78, 5) is 11.1. The molecule has 0 spiro atoms. The van der Waals surface area contributed by atoms with Crippen LogP contribution in [0.25, 0.3) is 0 Å². The fourth-order valence-electron chi connectivity index (χ4n) is 0.949. The maximum atomic E-state index is 11.1. The van der Waals surface area contributed by atoms with Crippen molar-refractivity contribution in [1.82, 2.24) is 25.6 Å². The van der Waals surface area contributed by atoms with Crippen LogP contribution in [0.15, 0.2) is 12.4 Å². The standard InChI is InChI=1S/C8H15N5O/c1-7(2)11-8(14)9-3-5-13-6-4-10-12-13/h4,6-7H,3,5H2,1-2H3,(H2,9,11,14). The zero-order chi connectivity index (χ0) is 10.4. The molecule has 0 atom stereocenters. The maximum absolute atomic E-state index is 11.1. The summed E-state index contributed by atoms with van der Waals surface area (Å²) in [6.07, 6.45) is 3.36. The molecule has 0 bridgehead atoms. The van der Waals surface area contributed by atoms with Crippen LogP contribution in [0.2, 0.25) is 0 Å². The number of nitrogens with zero attached hydrogens (tertiary/aromatic N) is 3. The minimum Gasteiger partial charge on any atom is -0.336 e. The number of carbonyl (C=O) groups excluding carboxylic acids is 1. The smallest absolute Gasteiger partial charge is 0.315 e. The Morgan fingerprint density at radius 1 is 1.57 bits per heavy atom. The number of rotatable bonds is 4. The third kappa shape index (κ3) is 3.88. The highest BCUT2D eigenvalue weighted by Gasteiger charge is 2.00. The Kier molecular flexibility index (Phi) is 3.90. The number of nitrogens with one attached hydrogen (secondary N) is 2. The Bertz CT molecular complexity index is 269. The highest BCUT2D eigenvalue weighted by molar-refractivity contribution is 5.73. The largest absolute Gasteiger partial charge is 0.336 e. The molecule has 14 heavy (non-hydrogen) atoms. The van der Waals surface area contributed by atoms with Gasteiger partial charge in [-0.15, -0.1) is 5.10 Å². The van der Waals surface area contributed by atoms with Crippen LogP contribution in [0.3, 0.4) is 0 Å². The van der Waals surface area contributed by atoms with Crippen LogP contribution in [0.1, 0.15) is 13.8 Å². The molecule has 1 aromatic heterocycles. The molecular formula is C8H15N5O. The Hall–Kier alpha value is -1.59. The summed E-state index contributed by atoms with van der Waals surface area (Å²) in [7, 11) is 0. The number of urea groups is 1. The van der Waals surface area contributed by atoms with Crippen molar-refractivity contribution in [2.24, 2.45) is 0 Å². The number of carbonyl (C=O) groups is 1. The minimum atomic E-state index is -0.153. The van der Waals surface area contributed by atoms with E-state index in [1.165, 1.54) is 0 Å². The first-order valence-electron chi connectivity index (χ1n) is 4.57. The predicted molar refractivity (Wildman–Crippen MR) is 51.7 cm³/mol. The third-order valence-electron chi connectivity index (χ3n) is 1.52. The molecule has 6 heteroatoms. The van der Waals surface area contributed by atoms with Gasteiger partial charge in [0.15, 0.2) is 0 Å². The van der Waals surface area contributed by atoms with Crippen molar-refractivity contribution < 1.29 is 4.79 Å². The molecule has 0 fully saturated rings. The Morgan fingerprint density at radius 2 is 2.36 bits per heavy atom. The normalized spacial score (nSPS) is 10.2. The molecule has 0 saturated heterocycles. The number of amides is 2. The van der Waals surface area contributed by atoms with Gasteiger partial charge in [-0.05, 0) is 13.8 Å². The van der Waals surface area contributed by atoms with Gasteiger partial charge in [0.05, 0.1) is 12.7 Å². The van der Waals surface area contributed by atoms with Gasteiger partial charge < -0.3 is 10.6 Å². The van der Waals surface area contributed by atoms with Gasteiger partial charge in [-0.3, -0.25) is 4.68 Å². The molecule has 2 N–H and O–H groups in total. The van der Waals surface area contributed by atoms with Crippen LogP contribution in [-0.2, 0) is 6.54 Å². The molecule has 0 aliphatic carbocycles. The van der Waals surface area contributed by atoms with Crippen LogP contribution >= 0.6 is 0 Å². The van der Waals surface area contributed by atoms with Gasteiger partial charge in [0.25, 0.3) is 0 Å². The van der Waals surface area contributed by atoms with E-state index in [-0.39, 0.29) is 12.1 Å². The van der Waals surface area contributed by atoms with E-state index in [1.807, 2.05) is 13.8 Å². The molecule has 0 aliphatic rings. The molecule has 1 heterocycles. The Morgan fingerprint density at radius 3 is 2.93 bits per heavy atom. The molecular weight excluding hydrogens is 182 g/mol. The highest BCUT2D eigenvalue weighted by Crippen LogP contribution is 1.80.